The van der Waals surface area contributed by atoms with Gasteiger partial charge in [0.25, 0.3) is 0 Å². The molecular formula is C66H128O17P2. The summed E-state index contributed by atoms with van der Waals surface area (Å²) in [5.41, 5.74) is 0. The van der Waals surface area contributed by atoms with Crippen molar-refractivity contribution in [1.82, 2.24) is 0 Å². The number of phosphoric acid groups is 2. The van der Waals surface area contributed by atoms with Crippen LogP contribution in [0.5, 0.6) is 0 Å². The van der Waals surface area contributed by atoms with Crippen molar-refractivity contribution in [3.63, 3.8) is 0 Å². The van der Waals surface area contributed by atoms with Crippen LogP contribution in [0, 0.1) is 5.92 Å². The molecule has 0 aromatic heterocycles. The maximum absolute atomic E-state index is 13.0. The highest BCUT2D eigenvalue weighted by molar-refractivity contribution is 7.47. The van der Waals surface area contributed by atoms with E-state index in [2.05, 4.69) is 34.6 Å². The summed E-state index contributed by atoms with van der Waals surface area (Å²) < 4.78 is 67.8. The van der Waals surface area contributed by atoms with E-state index in [1.807, 2.05) is 0 Å². The maximum atomic E-state index is 13.0. The molecule has 0 amide bonds. The fourth-order valence-corrected chi connectivity index (χ4v) is 11.5. The van der Waals surface area contributed by atoms with E-state index in [0.29, 0.717) is 31.6 Å². The van der Waals surface area contributed by atoms with Crippen LogP contribution in [0.2, 0.25) is 0 Å². The van der Waals surface area contributed by atoms with Crippen LogP contribution in [0.1, 0.15) is 336 Å². The van der Waals surface area contributed by atoms with E-state index < -0.39 is 97.5 Å². The summed E-state index contributed by atoms with van der Waals surface area (Å²) in [4.78, 5) is 72.0. The number of carbonyl (C=O) groups excluding carboxylic acids is 4. The Morgan fingerprint density at radius 1 is 0.318 bits per heavy atom. The number of esters is 4. The number of hydrogen-bond donors (Lipinski definition) is 3. The van der Waals surface area contributed by atoms with Gasteiger partial charge in [-0.25, -0.2) is 9.13 Å². The number of carbonyl (C=O) groups is 4. The molecule has 0 fully saturated rings. The summed E-state index contributed by atoms with van der Waals surface area (Å²) in [6.45, 7) is 7.02. The largest absolute Gasteiger partial charge is 0.472 e. The number of aliphatic hydroxyl groups excluding tert-OH is 1. The van der Waals surface area contributed by atoms with Crippen LogP contribution in [-0.4, -0.2) is 96.7 Å². The number of aliphatic hydroxyl groups is 1. The van der Waals surface area contributed by atoms with Crippen molar-refractivity contribution in [2.75, 3.05) is 39.6 Å². The molecule has 0 saturated carbocycles. The third-order valence-corrected chi connectivity index (χ3v) is 17.2. The normalized spacial score (nSPS) is 14.2. The minimum Gasteiger partial charge on any atom is -0.462 e. The van der Waals surface area contributed by atoms with Crippen LogP contribution >= 0.6 is 15.6 Å². The van der Waals surface area contributed by atoms with Crippen LogP contribution in [-0.2, 0) is 65.4 Å². The van der Waals surface area contributed by atoms with E-state index in [0.717, 1.165) is 96.3 Å². The zero-order valence-corrected chi connectivity index (χ0v) is 56.5. The molecule has 0 rings (SSSR count). The zero-order valence-electron chi connectivity index (χ0n) is 54.7. The molecule has 0 bridgehead atoms. The second-order valence-electron chi connectivity index (χ2n) is 24.3. The molecule has 504 valence electrons. The Kier molecular flexibility index (Phi) is 58.3. The van der Waals surface area contributed by atoms with Gasteiger partial charge in [0.15, 0.2) is 12.2 Å². The van der Waals surface area contributed by atoms with Gasteiger partial charge in [0.1, 0.15) is 19.3 Å². The van der Waals surface area contributed by atoms with Gasteiger partial charge in [-0.05, 0) is 31.6 Å². The highest BCUT2D eigenvalue weighted by atomic mass is 31.2. The minimum atomic E-state index is -4.94. The number of phosphoric ester groups is 2. The predicted octanol–water partition coefficient (Wildman–Crippen LogP) is 18.6. The van der Waals surface area contributed by atoms with Gasteiger partial charge >= 0.3 is 39.5 Å². The summed E-state index contributed by atoms with van der Waals surface area (Å²) in [6, 6.07) is 0. The molecule has 0 aliphatic heterocycles. The lowest BCUT2D eigenvalue weighted by Gasteiger charge is -2.21. The van der Waals surface area contributed by atoms with E-state index in [9.17, 15) is 43.2 Å². The Balaban J connectivity index is 5.10. The van der Waals surface area contributed by atoms with Gasteiger partial charge in [-0.2, -0.15) is 0 Å². The van der Waals surface area contributed by atoms with Crippen molar-refractivity contribution >= 4 is 39.5 Å². The first kappa shape index (κ1) is 83.1. The Morgan fingerprint density at radius 3 is 0.800 bits per heavy atom. The average molecular weight is 1260 g/mol. The molecular weight excluding hydrogens is 1130 g/mol. The summed E-state index contributed by atoms with van der Waals surface area (Å²) in [7, 11) is -9.88. The molecule has 0 heterocycles. The van der Waals surface area contributed by atoms with Gasteiger partial charge in [0.05, 0.1) is 26.4 Å². The van der Waals surface area contributed by atoms with Crippen molar-refractivity contribution in [1.29, 1.82) is 0 Å². The van der Waals surface area contributed by atoms with Gasteiger partial charge < -0.3 is 33.8 Å². The molecule has 2 unspecified atom stereocenters. The average Bonchev–Trinajstić information content (AvgIpc) is 3.61. The first-order valence-electron chi connectivity index (χ1n) is 34.6. The van der Waals surface area contributed by atoms with Gasteiger partial charge in [0.2, 0.25) is 0 Å². The van der Waals surface area contributed by atoms with Crippen molar-refractivity contribution in [2.45, 2.75) is 355 Å². The Hall–Kier alpha value is -1.94. The topological polar surface area (TPSA) is 237 Å². The smallest absolute Gasteiger partial charge is 0.462 e. The van der Waals surface area contributed by atoms with Gasteiger partial charge in [0, 0.05) is 25.7 Å². The fraction of sp³-hybridized carbons (Fsp3) is 0.939. The second kappa shape index (κ2) is 59.7. The lowest BCUT2D eigenvalue weighted by atomic mass is 10.0. The standard InChI is InChI=1S/C66H128O17P2/c1-6-9-12-15-17-19-21-22-23-24-25-26-27-28-29-31-33-35-41-46-51-65(70)82-62(56-77-64(69)50-45-40-34-32-30-20-18-16-13-10-7-2)58-81-85(74,75)79-54-60(67)53-78-84(72,73)80-57-61(55-76-63(68)49-44-38-14-11-8-3)83-66(71)52-47-42-37-36-39-43-48-59(4)5/h59-62,67H,6-58H2,1-5H3,(H,72,73)(H,74,75)/t60-,61+,62+/m0/s1. The number of hydrogen-bond acceptors (Lipinski definition) is 15. The predicted molar refractivity (Wildman–Crippen MR) is 340 cm³/mol. The van der Waals surface area contributed by atoms with E-state index in [4.69, 9.17) is 37.0 Å². The highest BCUT2D eigenvalue weighted by Gasteiger charge is 2.30. The quantitative estimate of drug-likeness (QED) is 0.0222. The van der Waals surface area contributed by atoms with E-state index in [-0.39, 0.29) is 25.7 Å². The van der Waals surface area contributed by atoms with E-state index >= 15 is 0 Å². The summed E-state index contributed by atoms with van der Waals surface area (Å²) in [6.07, 6.45) is 45.1. The van der Waals surface area contributed by atoms with E-state index in [1.54, 1.807) is 0 Å². The summed E-state index contributed by atoms with van der Waals surface area (Å²) in [5, 5.41) is 10.5. The fourth-order valence-electron chi connectivity index (χ4n) is 9.94. The maximum Gasteiger partial charge on any atom is 0.472 e. The van der Waals surface area contributed by atoms with Gasteiger partial charge in [-0.1, -0.05) is 285 Å². The number of unbranched alkanes of at least 4 members (excludes halogenated alkanes) is 38. The number of rotatable bonds is 66. The van der Waals surface area contributed by atoms with Crippen LogP contribution < -0.4 is 0 Å². The monoisotopic (exact) mass is 1250 g/mol. The molecule has 0 aliphatic carbocycles. The summed E-state index contributed by atoms with van der Waals surface area (Å²) in [5.74, 6) is -1.48. The molecule has 19 heteroatoms. The molecule has 0 aromatic rings. The number of ether oxygens (including phenoxy) is 4. The molecule has 5 atom stereocenters. The minimum absolute atomic E-state index is 0.101. The third kappa shape index (κ3) is 60.7. The van der Waals surface area contributed by atoms with Gasteiger partial charge in [-0.3, -0.25) is 37.3 Å². The third-order valence-electron chi connectivity index (χ3n) is 15.3. The molecule has 85 heavy (non-hydrogen) atoms. The molecule has 0 aliphatic rings. The van der Waals surface area contributed by atoms with Gasteiger partial charge in [-0.15, -0.1) is 0 Å². The highest BCUT2D eigenvalue weighted by Crippen LogP contribution is 2.45. The molecule has 0 spiro atoms. The molecule has 0 radical (unpaired) electrons. The van der Waals surface area contributed by atoms with Crippen molar-refractivity contribution in [3.8, 4) is 0 Å². The van der Waals surface area contributed by atoms with Crippen molar-refractivity contribution in [2.24, 2.45) is 5.92 Å². The molecule has 0 saturated heterocycles. The zero-order chi connectivity index (χ0) is 62.8. The lowest BCUT2D eigenvalue weighted by Crippen LogP contribution is -2.30. The van der Waals surface area contributed by atoms with Crippen LogP contribution in [0.3, 0.4) is 0 Å². The lowest BCUT2D eigenvalue weighted by molar-refractivity contribution is -0.161. The van der Waals surface area contributed by atoms with Crippen molar-refractivity contribution < 1.29 is 80.2 Å². The Labute approximate surface area is 517 Å². The SMILES string of the molecule is CCCCCCCCCCCCCCCCCCCCCCC(=O)O[C@H](COC(=O)CCCCCCCCCCCCC)COP(=O)(O)OC[C@@H](O)COP(=O)(O)OC[C@@H](COC(=O)CCCCCCC)OC(=O)CCCCCCCCC(C)C. The first-order valence-corrected chi connectivity index (χ1v) is 37.6. The Bertz CT molecular complexity index is 1650. The van der Waals surface area contributed by atoms with Crippen LogP contribution in [0.15, 0.2) is 0 Å². The Morgan fingerprint density at radius 2 is 0.541 bits per heavy atom. The molecule has 17 nitrogen and oxygen atoms in total. The molecule has 3 N–H and O–H groups in total. The molecule has 0 aromatic carbocycles. The van der Waals surface area contributed by atoms with Crippen molar-refractivity contribution in [3.05, 3.63) is 0 Å². The van der Waals surface area contributed by atoms with Crippen LogP contribution in [0.4, 0.5) is 0 Å². The first-order chi connectivity index (χ1) is 41.0. The van der Waals surface area contributed by atoms with Crippen LogP contribution in [0.25, 0.3) is 0 Å². The second-order valence-corrected chi connectivity index (χ2v) is 27.2. The summed E-state index contributed by atoms with van der Waals surface area (Å²) >= 11 is 0. The van der Waals surface area contributed by atoms with E-state index in [1.165, 1.54) is 154 Å².